The highest BCUT2D eigenvalue weighted by Crippen LogP contribution is 2.30. The van der Waals surface area contributed by atoms with Crippen molar-refractivity contribution in [2.24, 2.45) is 0 Å². The SMILES string of the molecule is O[C@H]1[C@H](Cl)[C@@H](O)CN2CC[C@H](O)[C@H]12. The number of aliphatic hydroxyl groups is 3. The molecule has 0 aromatic rings. The van der Waals surface area contributed by atoms with Gasteiger partial charge in [0.15, 0.2) is 0 Å². The number of alkyl halides is 1. The van der Waals surface area contributed by atoms with Crippen molar-refractivity contribution >= 4 is 11.6 Å². The number of rotatable bonds is 0. The fourth-order valence-corrected chi connectivity index (χ4v) is 2.50. The minimum Gasteiger partial charge on any atom is -0.391 e. The van der Waals surface area contributed by atoms with Crippen LogP contribution in [0.25, 0.3) is 0 Å². The summed E-state index contributed by atoms with van der Waals surface area (Å²) in [6.07, 6.45) is -1.39. The van der Waals surface area contributed by atoms with Gasteiger partial charge in [-0.1, -0.05) is 0 Å². The van der Waals surface area contributed by atoms with Crippen LogP contribution in [-0.4, -0.2) is 63.0 Å². The summed E-state index contributed by atoms with van der Waals surface area (Å²) in [5, 5.41) is 28.1. The summed E-state index contributed by atoms with van der Waals surface area (Å²) in [6.45, 7) is 1.18. The second-order valence-electron chi connectivity index (χ2n) is 3.84. The molecule has 2 aliphatic heterocycles. The lowest BCUT2D eigenvalue weighted by molar-refractivity contribution is -0.0555. The highest BCUT2D eigenvalue weighted by atomic mass is 35.5. The molecule has 0 aliphatic carbocycles. The summed E-state index contributed by atoms with van der Waals surface area (Å²) in [5.41, 5.74) is 0. The summed E-state index contributed by atoms with van der Waals surface area (Å²) < 4.78 is 0. The molecule has 4 nitrogen and oxygen atoms in total. The molecule has 13 heavy (non-hydrogen) atoms. The van der Waals surface area contributed by atoms with Crippen molar-refractivity contribution in [2.45, 2.75) is 36.2 Å². The number of aliphatic hydroxyl groups excluding tert-OH is 3. The van der Waals surface area contributed by atoms with Crippen LogP contribution < -0.4 is 0 Å². The second-order valence-corrected chi connectivity index (χ2v) is 4.35. The normalized spacial score (nSPS) is 52.2. The van der Waals surface area contributed by atoms with Crippen molar-refractivity contribution in [2.75, 3.05) is 13.1 Å². The highest BCUT2D eigenvalue weighted by molar-refractivity contribution is 6.21. The standard InChI is InChI=1S/C8H14ClNO3/c9-6-5(12)3-10-2-1-4(11)7(10)8(6)13/h4-8,11-13H,1-3H2/t4-,5-,6+,7+,8-/m0/s1. The van der Waals surface area contributed by atoms with E-state index in [9.17, 15) is 15.3 Å². The Morgan fingerprint density at radius 2 is 1.85 bits per heavy atom. The van der Waals surface area contributed by atoms with Gasteiger partial charge in [-0.2, -0.15) is 0 Å². The average molecular weight is 208 g/mol. The van der Waals surface area contributed by atoms with Crippen molar-refractivity contribution < 1.29 is 15.3 Å². The molecule has 3 N–H and O–H groups in total. The van der Waals surface area contributed by atoms with Gasteiger partial charge in [0, 0.05) is 13.1 Å². The van der Waals surface area contributed by atoms with E-state index in [0.717, 1.165) is 6.54 Å². The molecule has 76 valence electrons. The fraction of sp³-hybridized carbons (Fsp3) is 1.00. The van der Waals surface area contributed by atoms with Crippen molar-refractivity contribution in [3.63, 3.8) is 0 Å². The summed E-state index contributed by atoms with van der Waals surface area (Å²) in [6, 6.07) is -0.286. The molecular weight excluding hydrogens is 194 g/mol. The lowest BCUT2D eigenvalue weighted by atomic mass is 9.95. The van der Waals surface area contributed by atoms with Crippen LogP contribution in [0.5, 0.6) is 0 Å². The van der Waals surface area contributed by atoms with Crippen LogP contribution in [0.15, 0.2) is 0 Å². The maximum Gasteiger partial charge on any atom is 0.0909 e. The van der Waals surface area contributed by atoms with E-state index in [1.165, 1.54) is 0 Å². The lowest BCUT2D eigenvalue weighted by Crippen LogP contribution is -2.59. The number of fused-ring (bicyclic) bond motifs is 1. The van der Waals surface area contributed by atoms with Crippen LogP contribution in [-0.2, 0) is 0 Å². The van der Waals surface area contributed by atoms with E-state index in [2.05, 4.69) is 0 Å². The zero-order valence-electron chi connectivity index (χ0n) is 7.17. The minimum absolute atomic E-state index is 0.286. The number of piperidine rings is 1. The first kappa shape index (κ1) is 9.68. The first-order valence-corrected chi connectivity index (χ1v) is 4.97. The van der Waals surface area contributed by atoms with Crippen molar-refractivity contribution in [3.05, 3.63) is 0 Å². The Kier molecular flexibility index (Phi) is 2.51. The van der Waals surface area contributed by atoms with Crippen molar-refractivity contribution in [1.82, 2.24) is 4.90 Å². The monoisotopic (exact) mass is 207 g/mol. The van der Waals surface area contributed by atoms with E-state index in [0.29, 0.717) is 13.0 Å². The van der Waals surface area contributed by atoms with Gasteiger partial charge in [0.2, 0.25) is 0 Å². The van der Waals surface area contributed by atoms with Gasteiger partial charge in [-0.25, -0.2) is 0 Å². The predicted molar refractivity (Wildman–Crippen MR) is 47.6 cm³/mol. The van der Waals surface area contributed by atoms with Gasteiger partial charge in [-0.05, 0) is 6.42 Å². The van der Waals surface area contributed by atoms with E-state index < -0.39 is 23.7 Å². The second kappa shape index (κ2) is 3.37. The van der Waals surface area contributed by atoms with Gasteiger partial charge in [0.1, 0.15) is 0 Å². The van der Waals surface area contributed by atoms with Crippen LogP contribution in [0.4, 0.5) is 0 Å². The molecule has 0 spiro atoms. The summed E-state index contributed by atoms with van der Waals surface area (Å²) in [7, 11) is 0. The summed E-state index contributed by atoms with van der Waals surface area (Å²) in [5.74, 6) is 0. The molecule has 0 aromatic carbocycles. The largest absolute Gasteiger partial charge is 0.391 e. The smallest absolute Gasteiger partial charge is 0.0909 e. The Morgan fingerprint density at radius 3 is 2.54 bits per heavy atom. The molecule has 5 heteroatoms. The third-order valence-electron chi connectivity index (χ3n) is 2.99. The van der Waals surface area contributed by atoms with Gasteiger partial charge >= 0.3 is 0 Å². The lowest BCUT2D eigenvalue weighted by Gasteiger charge is -2.40. The van der Waals surface area contributed by atoms with Gasteiger partial charge in [0.05, 0.1) is 29.7 Å². The fourth-order valence-electron chi connectivity index (χ4n) is 2.27. The van der Waals surface area contributed by atoms with E-state index in [-0.39, 0.29) is 6.04 Å². The van der Waals surface area contributed by atoms with Crippen molar-refractivity contribution in [3.8, 4) is 0 Å². The molecule has 2 heterocycles. The number of halogens is 1. The third-order valence-corrected chi connectivity index (χ3v) is 3.54. The Morgan fingerprint density at radius 1 is 1.15 bits per heavy atom. The molecule has 5 atom stereocenters. The summed E-state index contributed by atoms with van der Waals surface area (Å²) >= 11 is 5.81. The van der Waals surface area contributed by atoms with E-state index >= 15 is 0 Å². The molecular formula is C8H14ClNO3. The number of hydrogen-bond donors (Lipinski definition) is 3. The van der Waals surface area contributed by atoms with Gasteiger partial charge in [0.25, 0.3) is 0 Å². The topological polar surface area (TPSA) is 63.9 Å². The van der Waals surface area contributed by atoms with Crippen LogP contribution in [0.2, 0.25) is 0 Å². The third kappa shape index (κ3) is 1.47. The molecule has 0 amide bonds. The van der Waals surface area contributed by atoms with Crippen LogP contribution in [0, 0.1) is 0 Å². The van der Waals surface area contributed by atoms with Crippen molar-refractivity contribution in [1.29, 1.82) is 0 Å². The Bertz CT molecular complexity index is 204. The molecule has 0 bridgehead atoms. The molecule has 2 fully saturated rings. The molecule has 0 aromatic heterocycles. The zero-order chi connectivity index (χ0) is 9.59. The molecule has 0 saturated carbocycles. The molecule has 0 unspecified atom stereocenters. The Labute approximate surface area is 81.7 Å². The highest BCUT2D eigenvalue weighted by Gasteiger charge is 2.47. The molecule has 0 radical (unpaired) electrons. The first-order chi connectivity index (χ1) is 6.11. The average Bonchev–Trinajstić information content (AvgIpc) is 2.43. The first-order valence-electron chi connectivity index (χ1n) is 4.53. The van der Waals surface area contributed by atoms with Crippen LogP contribution in [0.3, 0.4) is 0 Å². The minimum atomic E-state index is -0.831. The zero-order valence-corrected chi connectivity index (χ0v) is 7.93. The summed E-state index contributed by atoms with van der Waals surface area (Å²) in [4.78, 5) is 1.90. The Hall–Kier alpha value is 0.130. The predicted octanol–water partition coefficient (Wildman–Crippen LogP) is -1.24. The van der Waals surface area contributed by atoms with Gasteiger partial charge < -0.3 is 15.3 Å². The number of nitrogens with zero attached hydrogens (tertiary/aromatic N) is 1. The van der Waals surface area contributed by atoms with Crippen LogP contribution >= 0.6 is 11.6 Å². The maximum atomic E-state index is 9.70. The quantitative estimate of drug-likeness (QED) is 0.435. The van der Waals surface area contributed by atoms with E-state index in [4.69, 9.17) is 11.6 Å². The van der Waals surface area contributed by atoms with E-state index in [1.807, 2.05) is 4.90 Å². The molecule has 2 rings (SSSR count). The molecule has 2 saturated heterocycles. The molecule has 2 aliphatic rings. The maximum absolute atomic E-state index is 9.70. The van der Waals surface area contributed by atoms with Gasteiger partial charge in [-0.15, -0.1) is 11.6 Å². The van der Waals surface area contributed by atoms with E-state index in [1.54, 1.807) is 0 Å². The number of hydrogen-bond acceptors (Lipinski definition) is 4. The van der Waals surface area contributed by atoms with Gasteiger partial charge in [-0.3, -0.25) is 4.90 Å². The Balaban J connectivity index is 2.15. The van der Waals surface area contributed by atoms with Crippen LogP contribution in [0.1, 0.15) is 6.42 Å².